The minimum absolute atomic E-state index is 0.196. The lowest BCUT2D eigenvalue weighted by Crippen LogP contribution is -2.31. The monoisotopic (exact) mass is 335 g/mol. The van der Waals surface area contributed by atoms with Gasteiger partial charge in [0.1, 0.15) is 5.82 Å². The van der Waals surface area contributed by atoms with Crippen LogP contribution in [0.25, 0.3) is 11.1 Å². The zero-order valence-electron chi connectivity index (χ0n) is 14.5. The van der Waals surface area contributed by atoms with Crippen LogP contribution in [-0.4, -0.2) is 29.5 Å². The fourth-order valence-electron chi connectivity index (χ4n) is 4.98. The average Bonchev–Trinajstić information content (AvgIpc) is 3.47. The highest BCUT2D eigenvalue weighted by Crippen LogP contribution is 2.55. The molecule has 4 fully saturated rings. The van der Waals surface area contributed by atoms with Crippen molar-refractivity contribution in [2.75, 3.05) is 19.6 Å². The van der Waals surface area contributed by atoms with E-state index in [0.29, 0.717) is 0 Å². The summed E-state index contributed by atoms with van der Waals surface area (Å²) in [5.74, 6) is 3.95. The van der Waals surface area contributed by atoms with E-state index in [1.165, 1.54) is 63.1 Å². The summed E-state index contributed by atoms with van der Waals surface area (Å²) in [6.45, 7) is 3.92. The molecule has 1 aromatic carbocycles. The summed E-state index contributed by atoms with van der Waals surface area (Å²) in [4.78, 5) is 7.38. The molecule has 4 heterocycles. The zero-order chi connectivity index (χ0) is 16.8. The van der Waals surface area contributed by atoms with Crippen molar-refractivity contribution >= 4 is 0 Å². The first-order valence-corrected chi connectivity index (χ1v) is 9.58. The molecular formula is C22H24FN2. The van der Waals surface area contributed by atoms with Crippen molar-refractivity contribution in [2.45, 2.75) is 25.7 Å². The molecular weight excluding hydrogens is 311 g/mol. The SMILES string of the molecule is Fc1ccc(-c2ccc([C]3CC3C3CCN4CCC3CC4)nc2)cc1. The molecule has 2 bridgehead atoms. The van der Waals surface area contributed by atoms with Crippen molar-refractivity contribution in [3.05, 3.63) is 60.0 Å². The van der Waals surface area contributed by atoms with Crippen LogP contribution in [0.1, 0.15) is 31.4 Å². The summed E-state index contributed by atoms with van der Waals surface area (Å²) in [7, 11) is 0. The smallest absolute Gasteiger partial charge is 0.123 e. The molecule has 1 aromatic heterocycles. The van der Waals surface area contributed by atoms with E-state index in [4.69, 9.17) is 4.98 Å². The first-order chi connectivity index (χ1) is 12.3. The molecule has 1 aliphatic carbocycles. The molecule has 3 aliphatic heterocycles. The quantitative estimate of drug-likeness (QED) is 0.817. The second kappa shape index (κ2) is 6.21. The van der Waals surface area contributed by atoms with E-state index >= 15 is 0 Å². The molecule has 0 N–H and O–H groups in total. The summed E-state index contributed by atoms with van der Waals surface area (Å²) in [6, 6.07) is 10.9. The Labute approximate surface area is 149 Å². The molecule has 0 amide bonds. The third kappa shape index (κ3) is 2.99. The van der Waals surface area contributed by atoms with Gasteiger partial charge in [0.05, 0.1) is 0 Å². The number of piperidine rings is 1. The summed E-state index contributed by atoms with van der Waals surface area (Å²) in [6.07, 6.45) is 7.34. The second-order valence-electron chi connectivity index (χ2n) is 7.91. The predicted molar refractivity (Wildman–Crippen MR) is 97.4 cm³/mol. The molecule has 3 saturated heterocycles. The lowest BCUT2D eigenvalue weighted by Gasteiger charge is -2.29. The van der Waals surface area contributed by atoms with E-state index < -0.39 is 0 Å². The standard InChI is InChI=1S/C22H24FN2/c23-18-4-1-15(2-5-18)17-3-6-22(24-14-17)21-13-20(21)19-9-12-25-10-7-16(19)8-11-25/h1-6,14,16,19-20H,7-13H2. The Balaban J connectivity index is 1.29. The Bertz CT molecular complexity index is 732. The van der Waals surface area contributed by atoms with Crippen molar-refractivity contribution in [3.8, 4) is 11.1 Å². The number of hydrogen-bond donors (Lipinski definition) is 0. The first kappa shape index (κ1) is 15.5. The van der Waals surface area contributed by atoms with Crippen LogP contribution in [0.3, 0.4) is 0 Å². The van der Waals surface area contributed by atoms with Crippen molar-refractivity contribution in [1.29, 1.82) is 0 Å². The second-order valence-corrected chi connectivity index (χ2v) is 7.91. The van der Waals surface area contributed by atoms with Gasteiger partial charge >= 0.3 is 0 Å². The van der Waals surface area contributed by atoms with Gasteiger partial charge in [0, 0.05) is 23.4 Å². The van der Waals surface area contributed by atoms with Gasteiger partial charge in [-0.05, 0) is 86.8 Å². The van der Waals surface area contributed by atoms with Gasteiger partial charge in [0.25, 0.3) is 0 Å². The lowest BCUT2D eigenvalue weighted by atomic mass is 9.81. The van der Waals surface area contributed by atoms with E-state index in [-0.39, 0.29) is 5.82 Å². The number of halogens is 1. The number of pyridine rings is 1. The number of aromatic nitrogens is 1. The van der Waals surface area contributed by atoms with Gasteiger partial charge in [-0.3, -0.25) is 4.98 Å². The van der Waals surface area contributed by atoms with Gasteiger partial charge in [-0.1, -0.05) is 18.2 Å². The van der Waals surface area contributed by atoms with Crippen molar-refractivity contribution in [2.24, 2.45) is 17.8 Å². The Morgan fingerprint density at radius 3 is 2.32 bits per heavy atom. The van der Waals surface area contributed by atoms with Crippen LogP contribution >= 0.6 is 0 Å². The van der Waals surface area contributed by atoms with Crippen LogP contribution in [0.4, 0.5) is 4.39 Å². The number of benzene rings is 1. The third-order valence-corrected chi connectivity index (χ3v) is 6.53. The summed E-state index contributed by atoms with van der Waals surface area (Å²) in [5, 5.41) is 0. The molecule has 6 rings (SSSR count). The average molecular weight is 335 g/mol. The van der Waals surface area contributed by atoms with Gasteiger partial charge in [-0.25, -0.2) is 4.39 Å². The van der Waals surface area contributed by atoms with Crippen molar-refractivity contribution < 1.29 is 4.39 Å². The zero-order valence-corrected chi connectivity index (χ0v) is 14.5. The molecule has 2 atom stereocenters. The van der Waals surface area contributed by atoms with Crippen molar-refractivity contribution in [1.82, 2.24) is 9.88 Å². The molecule has 2 aromatic rings. The molecule has 0 spiro atoms. The third-order valence-electron chi connectivity index (χ3n) is 6.53. The number of hydrogen-bond acceptors (Lipinski definition) is 2. The Hall–Kier alpha value is -1.74. The highest BCUT2D eigenvalue weighted by atomic mass is 19.1. The van der Waals surface area contributed by atoms with Crippen LogP contribution < -0.4 is 0 Å². The highest BCUT2D eigenvalue weighted by molar-refractivity contribution is 5.62. The van der Waals surface area contributed by atoms with Crippen LogP contribution in [0.15, 0.2) is 42.6 Å². The molecule has 2 unspecified atom stereocenters. The minimum atomic E-state index is -0.196. The molecule has 4 aliphatic rings. The van der Waals surface area contributed by atoms with Crippen molar-refractivity contribution in [3.63, 3.8) is 0 Å². The molecule has 3 heteroatoms. The molecule has 2 nitrogen and oxygen atoms in total. The lowest BCUT2D eigenvalue weighted by molar-refractivity contribution is 0.203. The van der Waals surface area contributed by atoms with Crippen LogP contribution in [-0.2, 0) is 0 Å². The van der Waals surface area contributed by atoms with E-state index in [0.717, 1.165) is 28.9 Å². The number of nitrogens with zero attached hydrogens (tertiary/aromatic N) is 2. The molecule has 25 heavy (non-hydrogen) atoms. The maximum absolute atomic E-state index is 13.1. The number of fused-ring (bicyclic) bond motifs is 4. The Morgan fingerprint density at radius 2 is 1.60 bits per heavy atom. The van der Waals surface area contributed by atoms with Crippen LogP contribution in [0, 0.1) is 29.5 Å². The predicted octanol–water partition coefficient (Wildman–Crippen LogP) is 4.56. The van der Waals surface area contributed by atoms with Crippen LogP contribution in [0.5, 0.6) is 0 Å². The van der Waals surface area contributed by atoms with Gasteiger partial charge in [-0.15, -0.1) is 0 Å². The number of rotatable bonds is 3. The van der Waals surface area contributed by atoms with E-state index in [1.54, 1.807) is 5.92 Å². The molecule has 1 radical (unpaired) electrons. The van der Waals surface area contributed by atoms with E-state index in [1.807, 2.05) is 18.3 Å². The van der Waals surface area contributed by atoms with Gasteiger partial charge in [0.15, 0.2) is 0 Å². The molecule has 1 saturated carbocycles. The maximum Gasteiger partial charge on any atom is 0.123 e. The van der Waals surface area contributed by atoms with Gasteiger partial charge in [0.2, 0.25) is 0 Å². The normalized spacial score (nSPS) is 31.7. The molecule has 129 valence electrons. The first-order valence-electron chi connectivity index (χ1n) is 9.58. The summed E-state index contributed by atoms with van der Waals surface area (Å²) >= 11 is 0. The largest absolute Gasteiger partial charge is 0.303 e. The van der Waals surface area contributed by atoms with Crippen LogP contribution in [0.2, 0.25) is 0 Å². The Morgan fingerprint density at radius 1 is 0.880 bits per heavy atom. The summed E-state index contributed by atoms with van der Waals surface area (Å²) < 4.78 is 13.1. The maximum atomic E-state index is 13.1. The fraction of sp³-hybridized carbons (Fsp3) is 0.455. The summed E-state index contributed by atoms with van der Waals surface area (Å²) in [5.41, 5.74) is 3.25. The van der Waals surface area contributed by atoms with E-state index in [2.05, 4.69) is 17.0 Å². The van der Waals surface area contributed by atoms with E-state index in [9.17, 15) is 4.39 Å². The van der Waals surface area contributed by atoms with Gasteiger partial charge < -0.3 is 4.90 Å². The highest BCUT2D eigenvalue weighted by Gasteiger charge is 2.48. The topological polar surface area (TPSA) is 16.1 Å². The van der Waals surface area contributed by atoms with Gasteiger partial charge in [-0.2, -0.15) is 0 Å². The Kier molecular flexibility index (Phi) is 3.85. The fourth-order valence-corrected chi connectivity index (χ4v) is 4.98. The minimum Gasteiger partial charge on any atom is -0.303 e.